The molecular weight excluding hydrogens is 452 g/mol. The third-order valence-electron chi connectivity index (χ3n) is 7.78. The van der Waals surface area contributed by atoms with E-state index in [1.165, 1.54) is 16.7 Å². The number of benzene rings is 1. The fraction of sp³-hybridized carbons (Fsp3) is 0.577. The van der Waals surface area contributed by atoms with Crippen LogP contribution >= 0.6 is 11.8 Å². The first kappa shape index (κ1) is 24.8. The van der Waals surface area contributed by atoms with E-state index in [0.717, 1.165) is 5.56 Å². The third-order valence-corrected chi connectivity index (χ3v) is 9.86. The van der Waals surface area contributed by atoms with Crippen LogP contribution in [0.1, 0.15) is 45.7 Å². The number of likely N-dealkylation sites (tertiary alicyclic amines) is 1. The van der Waals surface area contributed by atoms with Crippen LogP contribution in [0.25, 0.3) is 0 Å². The van der Waals surface area contributed by atoms with Gasteiger partial charge in [0, 0.05) is 17.3 Å². The number of rotatable bonds is 7. The highest BCUT2D eigenvalue weighted by molar-refractivity contribution is 8.02. The van der Waals surface area contributed by atoms with Gasteiger partial charge in [0.25, 0.3) is 0 Å². The zero-order chi connectivity index (χ0) is 25.0. The Morgan fingerprint density at radius 2 is 1.97 bits per heavy atom. The Balaban J connectivity index is 1.91. The standard InChI is InChI=1S/C26H34N2O5S/c1-6-12-27(25(3,4)5)23(31)21-26-15(2)13-18(34-26)19(24(32)33)20(26)22(30)28(21)17(14-29)16-10-8-7-9-11-16/h6-11,15,17-21,29H,1,12-14H2,2-5H3,(H,32,33)/t15?,17-,18+,19-,20+,21?,26?/m1/s1. The molecule has 3 heterocycles. The maximum Gasteiger partial charge on any atom is 0.308 e. The van der Waals surface area contributed by atoms with Gasteiger partial charge in [0.05, 0.1) is 29.2 Å². The first-order chi connectivity index (χ1) is 16.0. The second-order valence-corrected chi connectivity index (χ2v) is 12.2. The molecule has 7 atom stereocenters. The second kappa shape index (κ2) is 8.72. The number of thioether (sulfide) groups is 1. The highest BCUT2D eigenvalue weighted by Crippen LogP contribution is 2.69. The van der Waals surface area contributed by atoms with Crippen molar-refractivity contribution in [3.05, 3.63) is 48.6 Å². The lowest BCUT2D eigenvalue weighted by Crippen LogP contribution is -2.60. The summed E-state index contributed by atoms with van der Waals surface area (Å²) in [5.41, 5.74) is 0.185. The van der Waals surface area contributed by atoms with Crippen LogP contribution in [-0.2, 0) is 14.4 Å². The SMILES string of the molecule is C=CCN(C(=O)C1N([C@H](CO)c2ccccc2)C(=O)[C@@H]2[C@H](C(=O)O)[C@@H]3CC(C)C12S3)C(C)(C)C. The minimum absolute atomic E-state index is 0.0216. The van der Waals surface area contributed by atoms with E-state index >= 15 is 0 Å². The molecular formula is C26H34N2O5S. The second-order valence-electron chi connectivity index (χ2n) is 10.7. The molecule has 0 aromatic heterocycles. The lowest BCUT2D eigenvalue weighted by molar-refractivity contribution is -0.150. The Morgan fingerprint density at radius 1 is 1.32 bits per heavy atom. The number of fused-ring (bicyclic) bond motifs is 1. The van der Waals surface area contributed by atoms with Crippen LogP contribution in [0.15, 0.2) is 43.0 Å². The molecule has 0 radical (unpaired) electrons. The maximum atomic E-state index is 14.4. The van der Waals surface area contributed by atoms with Crippen LogP contribution in [0.4, 0.5) is 0 Å². The minimum atomic E-state index is -0.989. The van der Waals surface area contributed by atoms with Gasteiger partial charge >= 0.3 is 5.97 Å². The summed E-state index contributed by atoms with van der Waals surface area (Å²) in [6.07, 6.45) is 2.32. The Labute approximate surface area is 205 Å². The molecule has 7 nitrogen and oxygen atoms in total. The number of hydrogen-bond donors (Lipinski definition) is 2. The van der Waals surface area contributed by atoms with Crippen molar-refractivity contribution in [2.75, 3.05) is 13.2 Å². The lowest BCUT2D eigenvalue weighted by atomic mass is 9.66. The molecule has 3 aliphatic rings. The van der Waals surface area contributed by atoms with E-state index in [9.17, 15) is 24.6 Å². The quantitative estimate of drug-likeness (QED) is 0.575. The first-order valence-corrected chi connectivity index (χ1v) is 12.7. The summed E-state index contributed by atoms with van der Waals surface area (Å²) < 4.78 is -0.852. The molecule has 3 fully saturated rings. The van der Waals surface area contributed by atoms with Gasteiger partial charge in [-0.05, 0) is 38.7 Å². The van der Waals surface area contributed by atoms with Crippen molar-refractivity contribution in [3.63, 3.8) is 0 Å². The molecule has 184 valence electrons. The zero-order valence-electron chi connectivity index (χ0n) is 20.2. The summed E-state index contributed by atoms with van der Waals surface area (Å²) in [6.45, 7) is 11.6. The third kappa shape index (κ3) is 3.49. The molecule has 3 saturated heterocycles. The maximum absolute atomic E-state index is 14.4. The van der Waals surface area contributed by atoms with Gasteiger partial charge in [0.1, 0.15) is 6.04 Å². The fourth-order valence-corrected chi connectivity index (χ4v) is 8.75. The van der Waals surface area contributed by atoms with Crippen LogP contribution in [0, 0.1) is 17.8 Å². The fourth-order valence-electron chi connectivity index (χ4n) is 6.36. The summed E-state index contributed by atoms with van der Waals surface area (Å²) in [6, 6.07) is 7.55. The molecule has 3 aliphatic heterocycles. The van der Waals surface area contributed by atoms with E-state index < -0.39 is 40.2 Å². The average molecular weight is 487 g/mol. The molecule has 4 rings (SSSR count). The van der Waals surface area contributed by atoms with Gasteiger partial charge < -0.3 is 20.0 Å². The summed E-state index contributed by atoms with van der Waals surface area (Å²) >= 11 is 1.51. The van der Waals surface area contributed by atoms with Crippen LogP contribution in [-0.4, -0.2) is 72.5 Å². The predicted octanol–water partition coefficient (Wildman–Crippen LogP) is 2.95. The molecule has 0 aliphatic carbocycles. The summed E-state index contributed by atoms with van der Waals surface area (Å²) in [4.78, 5) is 44.0. The number of aliphatic hydroxyl groups is 1. The van der Waals surface area contributed by atoms with Crippen molar-refractivity contribution in [2.45, 2.75) is 61.7 Å². The van der Waals surface area contributed by atoms with E-state index in [4.69, 9.17) is 0 Å². The van der Waals surface area contributed by atoms with Gasteiger partial charge in [0.15, 0.2) is 0 Å². The van der Waals surface area contributed by atoms with E-state index in [2.05, 4.69) is 6.58 Å². The zero-order valence-corrected chi connectivity index (χ0v) is 21.0. The molecule has 2 N–H and O–H groups in total. The number of hydrogen-bond acceptors (Lipinski definition) is 5. The highest BCUT2D eigenvalue weighted by atomic mass is 32.2. The summed E-state index contributed by atoms with van der Waals surface area (Å²) in [5, 5.41) is 20.4. The van der Waals surface area contributed by atoms with Crippen molar-refractivity contribution in [2.24, 2.45) is 17.8 Å². The van der Waals surface area contributed by atoms with Crippen molar-refractivity contribution in [3.8, 4) is 0 Å². The van der Waals surface area contributed by atoms with Crippen molar-refractivity contribution in [1.82, 2.24) is 9.80 Å². The van der Waals surface area contributed by atoms with E-state index in [0.29, 0.717) is 13.0 Å². The van der Waals surface area contributed by atoms with E-state index in [1.807, 2.05) is 58.0 Å². The molecule has 2 amide bonds. The lowest BCUT2D eigenvalue weighted by Gasteiger charge is -2.45. The molecule has 2 bridgehead atoms. The van der Waals surface area contributed by atoms with Crippen LogP contribution in [0.3, 0.4) is 0 Å². The van der Waals surface area contributed by atoms with Crippen LogP contribution in [0.2, 0.25) is 0 Å². The monoisotopic (exact) mass is 486 g/mol. The summed E-state index contributed by atoms with van der Waals surface area (Å²) in [7, 11) is 0. The predicted molar refractivity (Wildman–Crippen MR) is 131 cm³/mol. The Bertz CT molecular complexity index is 993. The van der Waals surface area contributed by atoms with Crippen molar-refractivity contribution in [1.29, 1.82) is 0 Å². The minimum Gasteiger partial charge on any atom is -0.481 e. The molecule has 3 unspecified atom stereocenters. The normalized spacial score (nSPS) is 33.0. The topological polar surface area (TPSA) is 98.2 Å². The van der Waals surface area contributed by atoms with Crippen molar-refractivity contribution < 1.29 is 24.6 Å². The largest absolute Gasteiger partial charge is 0.481 e. The molecule has 0 saturated carbocycles. The number of aliphatic hydroxyl groups excluding tert-OH is 1. The Kier molecular flexibility index (Phi) is 6.36. The number of carbonyl (C=O) groups excluding carboxylic acids is 2. The molecule has 34 heavy (non-hydrogen) atoms. The van der Waals surface area contributed by atoms with Crippen LogP contribution < -0.4 is 0 Å². The average Bonchev–Trinajstić information content (AvgIpc) is 3.36. The Morgan fingerprint density at radius 3 is 2.50 bits per heavy atom. The molecule has 1 aromatic rings. The molecule has 1 spiro atoms. The van der Waals surface area contributed by atoms with Gasteiger partial charge in [-0.2, -0.15) is 0 Å². The van der Waals surface area contributed by atoms with E-state index in [1.54, 1.807) is 11.0 Å². The molecule has 8 heteroatoms. The first-order valence-electron chi connectivity index (χ1n) is 11.8. The van der Waals surface area contributed by atoms with Gasteiger partial charge in [-0.3, -0.25) is 14.4 Å². The van der Waals surface area contributed by atoms with E-state index in [-0.39, 0.29) is 29.6 Å². The van der Waals surface area contributed by atoms with Gasteiger partial charge in [-0.25, -0.2) is 0 Å². The number of amides is 2. The molecule has 1 aromatic carbocycles. The van der Waals surface area contributed by atoms with Gasteiger partial charge in [-0.1, -0.05) is 43.3 Å². The van der Waals surface area contributed by atoms with Crippen LogP contribution in [0.5, 0.6) is 0 Å². The Hall–Kier alpha value is -2.32. The number of carboxylic acid groups (broad SMARTS) is 1. The number of aliphatic carboxylic acids is 1. The smallest absolute Gasteiger partial charge is 0.308 e. The number of nitrogens with zero attached hydrogens (tertiary/aromatic N) is 2. The van der Waals surface area contributed by atoms with Gasteiger partial charge in [0.2, 0.25) is 11.8 Å². The summed E-state index contributed by atoms with van der Waals surface area (Å²) in [5.74, 6) is -3.22. The number of carboxylic acids is 1. The van der Waals surface area contributed by atoms with Crippen molar-refractivity contribution >= 4 is 29.5 Å². The van der Waals surface area contributed by atoms with Gasteiger partial charge in [-0.15, -0.1) is 18.3 Å². The highest BCUT2D eigenvalue weighted by Gasteiger charge is 2.77. The number of carbonyl (C=O) groups is 3.